The third kappa shape index (κ3) is 5.13. The van der Waals surface area contributed by atoms with Crippen LogP contribution in [-0.4, -0.2) is 23.1 Å². The normalized spacial score (nSPS) is 11.7. The zero-order valence-corrected chi connectivity index (χ0v) is 16.5. The largest absolute Gasteiger partial charge is 0.508 e. The Morgan fingerprint density at radius 3 is 2.18 bits per heavy atom. The number of ketones is 1. The van der Waals surface area contributed by atoms with E-state index in [1.807, 2.05) is 44.2 Å². The van der Waals surface area contributed by atoms with E-state index < -0.39 is 0 Å². The van der Waals surface area contributed by atoms with Gasteiger partial charge in [0.25, 0.3) is 0 Å². The van der Waals surface area contributed by atoms with Crippen LogP contribution in [0.5, 0.6) is 17.2 Å². The molecular formula is C24H26O4. The molecule has 0 radical (unpaired) electrons. The Morgan fingerprint density at radius 1 is 1.00 bits per heavy atom. The summed E-state index contributed by atoms with van der Waals surface area (Å²) in [6.45, 7) is 3.88. The summed E-state index contributed by atoms with van der Waals surface area (Å²) in [7, 11) is 1.55. The molecule has 0 aromatic heterocycles. The second-order valence-corrected chi connectivity index (χ2v) is 6.28. The SMILES string of the molecule is C/C=C/Cc1cc(C/C=C/C)c(OC)c(/C=C/C(=O)c2ccc(O)cc2)c1O. The van der Waals surface area contributed by atoms with Crippen LogP contribution in [0.1, 0.15) is 40.9 Å². The predicted octanol–water partition coefficient (Wildman–Crippen LogP) is 5.24. The minimum atomic E-state index is -0.227. The van der Waals surface area contributed by atoms with Crippen molar-refractivity contribution in [1.82, 2.24) is 0 Å². The number of carbonyl (C=O) groups is 1. The first-order valence-corrected chi connectivity index (χ1v) is 9.17. The molecule has 0 aliphatic carbocycles. The summed E-state index contributed by atoms with van der Waals surface area (Å²) < 4.78 is 5.56. The van der Waals surface area contributed by atoms with Gasteiger partial charge in [0.15, 0.2) is 5.78 Å². The van der Waals surface area contributed by atoms with Crippen LogP contribution >= 0.6 is 0 Å². The first-order valence-electron chi connectivity index (χ1n) is 9.17. The quantitative estimate of drug-likeness (QED) is 0.374. The fraction of sp³-hybridized carbons (Fsp3) is 0.208. The molecule has 2 N–H and O–H groups in total. The Balaban J connectivity index is 2.49. The van der Waals surface area contributed by atoms with E-state index >= 15 is 0 Å². The maximum Gasteiger partial charge on any atom is 0.185 e. The molecule has 2 aromatic rings. The second-order valence-electron chi connectivity index (χ2n) is 6.28. The molecule has 0 spiro atoms. The molecule has 0 aliphatic rings. The van der Waals surface area contributed by atoms with E-state index in [4.69, 9.17) is 4.74 Å². The summed E-state index contributed by atoms with van der Waals surface area (Å²) in [5, 5.41) is 20.1. The van der Waals surface area contributed by atoms with Crippen molar-refractivity contribution in [1.29, 1.82) is 0 Å². The lowest BCUT2D eigenvalue weighted by atomic mass is 9.97. The number of carbonyl (C=O) groups excluding carboxylic acids is 1. The number of hydrogen-bond acceptors (Lipinski definition) is 4. The van der Waals surface area contributed by atoms with Gasteiger partial charge < -0.3 is 14.9 Å². The number of allylic oxidation sites excluding steroid dienone is 5. The molecule has 0 unspecified atom stereocenters. The highest BCUT2D eigenvalue weighted by atomic mass is 16.5. The average Bonchev–Trinajstić information content (AvgIpc) is 2.70. The number of rotatable bonds is 8. The summed E-state index contributed by atoms with van der Waals surface area (Å²) in [5.74, 6) is 0.531. The maximum atomic E-state index is 12.4. The number of methoxy groups -OCH3 is 1. The summed E-state index contributed by atoms with van der Waals surface area (Å²) in [6, 6.07) is 7.98. The molecule has 0 amide bonds. The van der Waals surface area contributed by atoms with Gasteiger partial charge in [-0.1, -0.05) is 24.3 Å². The minimum Gasteiger partial charge on any atom is -0.508 e. The molecule has 0 atom stereocenters. The van der Waals surface area contributed by atoms with Gasteiger partial charge in [-0.15, -0.1) is 0 Å². The third-order valence-corrected chi connectivity index (χ3v) is 4.35. The van der Waals surface area contributed by atoms with Crippen molar-refractivity contribution >= 4 is 11.9 Å². The van der Waals surface area contributed by atoms with E-state index in [1.54, 1.807) is 25.3 Å². The van der Waals surface area contributed by atoms with Crippen LogP contribution in [-0.2, 0) is 12.8 Å². The highest BCUT2D eigenvalue weighted by Crippen LogP contribution is 2.37. The highest BCUT2D eigenvalue weighted by molar-refractivity contribution is 6.07. The van der Waals surface area contributed by atoms with E-state index in [1.165, 1.54) is 18.2 Å². The first kappa shape index (κ1) is 21.0. The summed E-state index contributed by atoms with van der Waals surface area (Å²) in [5.41, 5.74) is 2.65. The number of phenols is 2. The van der Waals surface area contributed by atoms with Crippen molar-refractivity contribution in [2.24, 2.45) is 0 Å². The lowest BCUT2D eigenvalue weighted by Crippen LogP contribution is -1.99. The van der Waals surface area contributed by atoms with Crippen molar-refractivity contribution in [2.75, 3.05) is 7.11 Å². The smallest absolute Gasteiger partial charge is 0.185 e. The molecule has 28 heavy (non-hydrogen) atoms. The van der Waals surface area contributed by atoms with Crippen LogP contribution in [0.2, 0.25) is 0 Å². The van der Waals surface area contributed by atoms with Crippen LogP contribution in [0.15, 0.2) is 60.7 Å². The van der Waals surface area contributed by atoms with Crippen LogP contribution < -0.4 is 4.74 Å². The lowest BCUT2D eigenvalue weighted by Gasteiger charge is -2.15. The molecule has 0 heterocycles. The van der Waals surface area contributed by atoms with Gasteiger partial charge in [0.2, 0.25) is 0 Å². The van der Waals surface area contributed by atoms with Gasteiger partial charge in [0.1, 0.15) is 17.2 Å². The maximum absolute atomic E-state index is 12.4. The first-order chi connectivity index (χ1) is 13.5. The van der Waals surface area contributed by atoms with Gasteiger partial charge in [-0.3, -0.25) is 4.79 Å². The molecule has 0 saturated heterocycles. The molecule has 2 rings (SSSR count). The Bertz CT molecular complexity index is 903. The molecular weight excluding hydrogens is 352 g/mol. The molecule has 146 valence electrons. The Kier molecular flexibility index (Phi) is 7.64. The zero-order chi connectivity index (χ0) is 20.5. The molecule has 0 saturated carbocycles. The minimum absolute atomic E-state index is 0.102. The molecule has 4 heteroatoms. The van der Waals surface area contributed by atoms with Crippen molar-refractivity contribution < 1.29 is 19.7 Å². The van der Waals surface area contributed by atoms with E-state index in [-0.39, 0.29) is 17.3 Å². The zero-order valence-electron chi connectivity index (χ0n) is 16.5. The number of hydrogen-bond donors (Lipinski definition) is 2. The molecule has 4 nitrogen and oxygen atoms in total. The number of aromatic hydroxyl groups is 2. The van der Waals surface area contributed by atoms with Gasteiger partial charge in [0.05, 0.1) is 12.7 Å². The second kappa shape index (κ2) is 10.2. The fourth-order valence-electron chi connectivity index (χ4n) is 2.87. The highest BCUT2D eigenvalue weighted by Gasteiger charge is 2.16. The Hall–Kier alpha value is -3.27. The number of ether oxygens (including phenoxy) is 1. The average molecular weight is 378 g/mol. The van der Waals surface area contributed by atoms with Crippen molar-refractivity contribution in [3.05, 3.63) is 83.0 Å². The van der Waals surface area contributed by atoms with Crippen LogP contribution in [0.25, 0.3) is 6.08 Å². The fourth-order valence-corrected chi connectivity index (χ4v) is 2.87. The van der Waals surface area contributed by atoms with Gasteiger partial charge in [-0.25, -0.2) is 0 Å². The number of benzene rings is 2. The predicted molar refractivity (Wildman–Crippen MR) is 113 cm³/mol. The van der Waals surface area contributed by atoms with E-state index in [0.29, 0.717) is 29.7 Å². The molecule has 0 bridgehead atoms. The summed E-state index contributed by atoms with van der Waals surface area (Å²) in [4.78, 5) is 12.4. The van der Waals surface area contributed by atoms with Gasteiger partial charge in [-0.05, 0) is 80.3 Å². The van der Waals surface area contributed by atoms with E-state index in [9.17, 15) is 15.0 Å². The topological polar surface area (TPSA) is 66.8 Å². The third-order valence-electron chi connectivity index (χ3n) is 4.35. The van der Waals surface area contributed by atoms with Crippen LogP contribution in [0, 0.1) is 0 Å². The van der Waals surface area contributed by atoms with E-state index in [0.717, 1.165) is 11.1 Å². The van der Waals surface area contributed by atoms with Gasteiger partial charge in [-0.2, -0.15) is 0 Å². The van der Waals surface area contributed by atoms with Gasteiger partial charge >= 0.3 is 0 Å². The lowest BCUT2D eigenvalue weighted by molar-refractivity contribution is 0.104. The number of phenolic OH excluding ortho intramolecular Hbond substituents is 2. The van der Waals surface area contributed by atoms with Crippen LogP contribution in [0.4, 0.5) is 0 Å². The molecule has 0 aliphatic heterocycles. The van der Waals surface area contributed by atoms with Crippen molar-refractivity contribution in [2.45, 2.75) is 26.7 Å². The Labute approximate surface area is 166 Å². The van der Waals surface area contributed by atoms with Crippen molar-refractivity contribution in [3.8, 4) is 17.2 Å². The summed E-state index contributed by atoms with van der Waals surface area (Å²) in [6.07, 6.45) is 12.1. The van der Waals surface area contributed by atoms with Gasteiger partial charge in [0, 0.05) is 5.56 Å². The van der Waals surface area contributed by atoms with E-state index in [2.05, 4.69) is 0 Å². The monoisotopic (exact) mass is 378 g/mol. The summed E-state index contributed by atoms with van der Waals surface area (Å²) >= 11 is 0. The van der Waals surface area contributed by atoms with Crippen molar-refractivity contribution in [3.63, 3.8) is 0 Å². The molecule has 0 fully saturated rings. The molecule has 2 aromatic carbocycles. The standard InChI is InChI=1S/C24H26O4/c1-4-6-8-18-16-19(9-7-5-2)24(28-3)21(23(18)27)14-15-22(26)17-10-12-20(25)13-11-17/h4-7,10-16,25,27H,8-9H2,1-3H3/b6-4+,7-5+,15-14+. The van der Waals surface area contributed by atoms with Crippen LogP contribution in [0.3, 0.4) is 0 Å². The Morgan fingerprint density at radius 2 is 1.61 bits per heavy atom.